The highest BCUT2D eigenvalue weighted by Crippen LogP contribution is 2.31. The lowest BCUT2D eigenvalue weighted by atomic mass is 9.91. The second-order valence-electron chi connectivity index (χ2n) is 5.99. The number of benzene rings is 2. The van der Waals surface area contributed by atoms with Crippen molar-refractivity contribution in [3.8, 4) is 0 Å². The Balaban J connectivity index is 2.21. The van der Waals surface area contributed by atoms with Gasteiger partial charge in [-0.15, -0.1) is 0 Å². The van der Waals surface area contributed by atoms with E-state index in [2.05, 4.69) is 70.2 Å². The highest BCUT2D eigenvalue weighted by atomic mass is 35.5. The fourth-order valence-electron chi connectivity index (χ4n) is 2.55. The van der Waals surface area contributed by atoms with E-state index in [4.69, 9.17) is 11.6 Å². The molecule has 2 rings (SSSR count). The Bertz CT molecular complexity index is 567. The highest BCUT2D eigenvalue weighted by molar-refractivity contribution is 6.32. The van der Waals surface area contributed by atoms with Crippen molar-refractivity contribution in [1.82, 2.24) is 0 Å². The average Bonchev–Trinajstić information content (AvgIpc) is 2.41. The number of aryl methyl sites for hydroxylation is 1. The van der Waals surface area contributed by atoms with Gasteiger partial charge in [0.05, 0.1) is 0 Å². The number of halogens is 1. The van der Waals surface area contributed by atoms with Crippen LogP contribution in [0.1, 0.15) is 54.9 Å². The summed E-state index contributed by atoms with van der Waals surface area (Å²) in [6, 6.07) is 15.2. The van der Waals surface area contributed by atoms with Gasteiger partial charge in [-0.05, 0) is 41.9 Å². The lowest BCUT2D eigenvalue weighted by Gasteiger charge is -2.16. The molecule has 1 unspecified atom stereocenters. The maximum atomic E-state index is 6.56. The molecule has 0 heterocycles. The van der Waals surface area contributed by atoms with E-state index in [1.807, 2.05) is 0 Å². The molecule has 0 amide bonds. The molecule has 0 aliphatic carbocycles. The van der Waals surface area contributed by atoms with Crippen LogP contribution in [0.25, 0.3) is 0 Å². The first-order chi connectivity index (χ1) is 9.49. The zero-order chi connectivity index (χ0) is 14.7. The second kappa shape index (κ2) is 6.45. The monoisotopic (exact) mass is 286 g/mol. The van der Waals surface area contributed by atoms with Gasteiger partial charge < -0.3 is 0 Å². The third-order valence-electron chi connectivity index (χ3n) is 3.90. The summed E-state index contributed by atoms with van der Waals surface area (Å²) in [4.78, 5) is 0. The van der Waals surface area contributed by atoms with E-state index in [-0.39, 0.29) is 0 Å². The van der Waals surface area contributed by atoms with Gasteiger partial charge in [0.15, 0.2) is 0 Å². The minimum atomic E-state index is 0.470. The summed E-state index contributed by atoms with van der Waals surface area (Å²) < 4.78 is 0. The lowest BCUT2D eigenvalue weighted by molar-refractivity contribution is 0.755. The molecule has 0 nitrogen and oxygen atoms in total. The average molecular weight is 287 g/mol. The quantitative estimate of drug-likeness (QED) is 0.635. The van der Waals surface area contributed by atoms with Crippen LogP contribution in [-0.2, 0) is 6.42 Å². The van der Waals surface area contributed by atoms with Crippen molar-refractivity contribution < 1.29 is 0 Å². The summed E-state index contributed by atoms with van der Waals surface area (Å²) in [5.41, 5.74) is 5.19. The van der Waals surface area contributed by atoms with Crippen molar-refractivity contribution in [2.45, 2.75) is 46.0 Å². The minimum Gasteiger partial charge on any atom is -0.0837 e. The zero-order valence-corrected chi connectivity index (χ0v) is 13.5. The van der Waals surface area contributed by atoms with Gasteiger partial charge in [0, 0.05) is 5.02 Å². The Morgan fingerprint density at radius 1 is 0.950 bits per heavy atom. The zero-order valence-electron chi connectivity index (χ0n) is 12.8. The largest absolute Gasteiger partial charge is 0.0837 e. The maximum Gasteiger partial charge on any atom is 0.0472 e. The van der Waals surface area contributed by atoms with E-state index in [9.17, 15) is 0 Å². The summed E-state index contributed by atoms with van der Waals surface area (Å²) in [6.07, 6.45) is 0.989. The molecule has 0 bridgehead atoms. The van der Waals surface area contributed by atoms with Gasteiger partial charge >= 0.3 is 0 Å². The maximum absolute atomic E-state index is 6.56. The molecule has 106 valence electrons. The van der Waals surface area contributed by atoms with E-state index < -0.39 is 0 Å². The predicted molar refractivity (Wildman–Crippen MR) is 88.8 cm³/mol. The molecule has 20 heavy (non-hydrogen) atoms. The Morgan fingerprint density at radius 3 is 2.20 bits per heavy atom. The van der Waals surface area contributed by atoms with Crippen LogP contribution >= 0.6 is 11.6 Å². The molecule has 2 aromatic rings. The first kappa shape index (κ1) is 15.1. The van der Waals surface area contributed by atoms with Gasteiger partial charge in [-0.3, -0.25) is 0 Å². The van der Waals surface area contributed by atoms with E-state index in [0.29, 0.717) is 11.8 Å². The third kappa shape index (κ3) is 3.43. The van der Waals surface area contributed by atoms with Gasteiger partial charge in [0.25, 0.3) is 0 Å². The topological polar surface area (TPSA) is 0 Å². The van der Waals surface area contributed by atoms with Crippen LogP contribution in [0.4, 0.5) is 0 Å². The Labute approximate surface area is 127 Å². The molecule has 2 aromatic carbocycles. The second-order valence-corrected chi connectivity index (χ2v) is 6.37. The molecule has 0 radical (unpaired) electrons. The molecule has 0 fully saturated rings. The fraction of sp³-hybridized carbons (Fsp3) is 0.368. The highest BCUT2D eigenvalue weighted by Gasteiger charge is 2.13. The predicted octanol–water partition coefficient (Wildman–Crippen LogP) is 6.12. The molecule has 0 spiro atoms. The number of hydrogen-bond donors (Lipinski definition) is 0. The summed E-state index contributed by atoms with van der Waals surface area (Å²) in [7, 11) is 0. The lowest BCUT2D eigenvalue weighted by Crippen LogP contribution is -2.01. The van der Waals surface area contributed by atoms with Crippen LogP contribution in [0.15, 0.2) is 42.5 Å². The van der Waals surface area contributed by atoms with Crippen molar-refractivity contribution in [2.75, 3.05) is 0 Å². The smallest absolute Gasteiger partial charge is 0.0472 e. The number of hydrogen-bond acceptors (Lipinski definition) is 0. The summed E-state index contributed by atoms with van der Waals surface area (Å²) in [6.45, 7) is 8.77. The van der Waals surface area contributed by atoms with Gasteiger partial charge in [-0.2, -0.15) is 0 Å². The van der Waals surface area contributed by atoms with Crippen molar-refractivity contribution in [2.24, 2.45) is 0 Å². The van der Waals surface area contributed by atoms with Gasteiger partial charge in [0.1, 0.15) is 0 Å². The molecule has 0 aliphatic rings. The van der Waals surface area contributed by atoms with Crippen LogP contribution in [0, 0.1) is 6.92 Å². The van der Waals surface area contributed by atoms with Crippen molar-refractivity contribution in [3.05, 3.63) is 69.7 Å². The standard InChI is InChI=1S/C19H23Cl/c1-13(2)18-7-5-6-17(19(18)20)12-15(4)16-10-8-14(3)9-11-16/h5-11,13,15H,12H2,1-4H3. The Kier molecular flexibility index (Phi) is 4.88. The fourth-order valence-corrected chi connectivity index (χ4v) is 2.97. The number of rotatable bonds is 4. The first-order valence-electron chi connectivity index (χ1n) is 7.33. The van der Waals surface area contributed by atoms with Crippen molar-refractivity contribution in [3.63, 3.8) is 0 Å². The molecular formula is C19H23Cl. The summed E-state index contributed by atoms with van der Waals surface area (Å²) in [5, 5.41) is 0.946. The molecular weight excluding hydrogens is 264 g/mol. The molecule has 0 saturated heterocycles. The molecule has 0 aromatic heterocycles. The molecule has 1 atom stereocenters. The molecule has 0 aliphatic heterocycles. The van der Waals surface area contributed by atoms with E-state index in [1.54, 1.807) is 0 Å². The van der Waals surface area contributed by atoms with Crippen LogP contribution in [0.5, 0.6) is 0 Å². The van der Waals surface area contributed by atoms with Gasteiger partial charge in [-0.25, -0.2) is 0 Å². The minimum absolute atomic E-state index is 0.470. The molecule has 0 N–H and O–H groups in total. The molecule has 0 saturated carbocycles. The third-order valence-corrected chi connectivity index (χ3v) is 4.36. The van der Waals surface area contributed by atoms with Crippen molar-refractivity contribution >= 4 is 11.6 Å². The van der Waals surface area contributed by atoms with Gasteiger partial charge in [-0.1, -0.05) is 80.4 Å². The molecule has 1 heteroatoms. The Morgan fingerprint density at radius 2 is 1.60 bits per heavy atom. The van der Waals surface area contributed by atoms with Crippen LogP contribution in [0.3, 0.4) is 0 Å². The normalized spacial score (nSPS) is 12.7. The van der Waals surface area contributed by atoms with Crippen LogP contribution in [-0.4, -0.2) is 0 Å². The van der Waals surface area contributed by atoms with Crippen LogP contribution in [0.2, 0.25) is 5.02 Å². The van der Waals surface area contributed by atoms with Crippen LogP contribution < -0.4 is 0 Å². The van der Waals surface area contributed by atoms with Gasteiger partial charge in [0.2, 0.25) is 0 Å². The van der Waals surface area contributed by atoms with E-state index >= 15 is 0 Å². The van der Waals surface area contributed by atoms with E-state index in [0.717, 1.165) is 11.4 Å². The SMILES string of the molecule is Cc1ccc(C(C)Cc2cccc(C(C)C)c2Cl)cc1. The Hall–Kier alpha value is -1.27. The van der Waals surface area contributed by atoms with Crippen molar-refractivity contribution in [1.29, 1.82) is 0 Å². The van der Waals surface area contributed by atoms with E-state index in [1.165, 1.54) is 22.3 Å². The summed E-state index contributed by atoms with van der Waals surface area (Å²) >= 11 is 6.56. The summed E-state index contributed by atoms with van der Waals surface area (Å²) in [5.74, 6) is 0.952. The first-order valence-corrected chi connectivity index (χ1v) is 7.70.